The van der Waals surface area contributed by atoms with Crippen LogP contribution in [0.3, 0.4) is 0 Å². The number of sulfone groups is 1. The number of amides is 1. The van der Waals surface area contributed by atoms with Crippen LogP contribution >= 0.6 is 11.6 Å². The first-order chi connectivity index (χ1) is 18.0. The van der Waals surface area contributed by atoms with Gasteiger partial charge in [0.2, 0.25) is 0 Å². The van der Waals surface area contributed by atoms with Crippen molar-refractivity contribution in [1.82, 2.24) is 0 Å². The van der Waals surface area contributed by atoms with Gasteiger partial charge >= 0.3 is 0 Å². The Morgan fingerprint density at radius 1 is 1.08 bits per heavy atom. The fourth-order valence-corrected chi connectivity index (χ4v) is 8.19. The predicted molar refractivity (Wildman–Crippen MR) is 135 cm³/mol. The Hall–Kier alpha value is -2.22. The molecule has 8 nitrogen and oxygen atoms in total. The van der Waals surface area contributed by atoms with Crippen LogP contribution in [0.25, 0.3) is 0 Å². The molecule has 4 atom stereocenters. The van der Waals surface area contributed by atoms with E-state index < -0.39 is 73.7 Å². The van der Waals surface area contributed by atoms with Crippen molar-refractivity contribution in [3.05, 3.63) is 58.4 Å². The number of aliphatic hydroxyl groups is 4. The molecule has 0 saturated heterocycles. The number of rotatable bonds is 7. The summed E-state index contributed by atoms with van der Waals surface area (Å²) in [5.74, 6) is -7.06. The Balaban J connectivity index is 1.58. The smallest absolute Gasteiger partial charge is 0.255 e. The topological polar surface area (TPSA) is 144 Å². The van der Waals surface area contributed by atoms with Gasteiger partial charge in [-0.15, -0.1) is 0 Å². The van der Waals surface area contributed by atoms with Crippen LogP contribution in [0.4, 0.5) is 18.9 Å². The number of benzene rings is 2. The van der Waals surface area contributed by atoms with Crippen molar-refractivity contribution in [2.45, 2.75) is 73.1 Å². The van der Waals surface area contributed by atoms with Crippen LogP contribution in [0.2, 0.25) is 5.02 Å². The molecular formula is C26H29ClF3NO7S. The largest absolute Gasteiger partial charge is 0.388 e. The highest BCUT2D eigenvalue weighted by molar-refractivity contribution is 7.92. The van der Waals surface area contributed by atoms with Gasteiger partial charge in [-0.2, -0.15) is 0 Å². The summed E-state index contributed by atoms with van der Waals surface area (Å²) in [6.45, 7) is 2.58. The molecule has 0 heterocycles. The van der Waals surface area contributed by atoms with Gasteiger partial charge in [0.25, 0.3) is 5.91 Å². The van der Waals surface area contributed by atoms with E-state index in [1.54, 1.807) is 0 Å². The summed E-state index contributed by atoms with van der Waals surface area (Å²) in [5.41, 5.74) is -4.10. The second kappa shape index (κ2) is 10.3. The van der Waals surface area contributed by atoms with E-state index >= 15 is 0 Å². The molecule has 1 amide bonds. The van der Waals surface area contributed by atoms with Crippen molar-refractivity contribution in [1.29, 1.82) is 0 Å². The van der Waals surface area contributed by atoms with E-state index in [0.717, 1.165) is 6.07 Å². The molecule has 214 valence electrons. The molecule has 0 radical (unpaired) electrons. The Labute approximate surface area is 228 Å². The maximum Gasteiger partial charge on any atom is 0.255 e. The molecule has 0 spiro atoms. The number of hydrogen-bond donors (Lipinski definition) is 5. The first kappa shape index (κ1) is 29.8. The van der Waals surface area contributed by atoms with E-state index in [1.807, 2.05) is 0 Å². The molecule has 5 N–H and O–H groups in total. The number of carbonyl (C=O) groups excluding carboxylic acids is 1. The van der Waals surface area contributed by atoms with E-state index in [9.17, 15) is 46.8 Å². The molecule has 2 saturated carbocycles. The van der Waals surface area contributed by atoms with Gasteiger partial charge in [-0.25, -0.2) is 21.6 Å². The summed E-state index contributed by atoms with van der Waals surface area (Å²) in [6, 6.07) is 4.58. The van der Waals surface area contributed by atoms with Crippen LogP contribution in [0.15, 0.2) is 35.2 Å². The number of hydrogen-bond acceptors (Lipinski definition) is 7. The third-order valence-corrected chi connectivity index (χ3v) is 10.6. The van der Waals surface area contributed by atoms with Gasteiger partial charge in [-0.1, -0.05) is 11.6 Å². The SMILES string of the molecule is CC(C)(O)C(O)C(O)C1(O)C2CCC1CC(S(=O)(=O)c1cc(C(=O)Nc3cc(F)c(F)c(F)c3)ccc1Cl)C2. The lowest BCUT2D eigenvalue weighted by molar-refractivity contribution is -0.208. The van der Waals surface area contributed by atoms with Gasteiger partial charge in [-0.05, 0) is 69.6 Å². The van der Waals surface area contributed by atoms with E-state index in [0.29, 0.717) is 25.0 Å². The number of anilines is 1. The number of nitrogens with one attached hydrogen (secondary N) is 1. The van der Waals surface area contributed by atoms with Gasteiger partial charge in [0.15, 0.2) is 27.3 Å². The average Bonchev–Trinajstić information content (AvgIpc) is 3.02. The number of halogens is 4. The monoisotopic (exact) mass is 591 g/mol. The second-order valence-electron chi connectivity index (χ2n) is 10.9. The minimum atomic E-state index is -4.18. The molecule has 0 aromatic heterocycles. The maximum atomic E-state index is 13.7. The van der Waals surface area contributed by atoms with Crippen LogP contribution in [0, 0.1) is 29.3 Å². The van der Waals surface area contributed by atoms with E-state index in [1.165, 1.54) is 26.0 Å². The lowest BCUT2D eigenvalue weighted by Crippen LogP contribution is -2.62. The first-order valence-electron chi connectivity index (χ1n) is 12.3. The molecule has 13 heteroatoms. The molecule has 4 unspecified atom stereocenters. The minimum Gasteiger partial charge on any atom is -0.388 e. The first-order valence-corrected chi connectivity index (χ1v) is 14.2. The molecule has 2 aliphatic rings. The molecule has 2 fully saturated rings. The maximum absolute atomic E-state index is 13.7. The quantitative estimate of drug-likeness (QED) is 0.311. The molecule has 2 aromatic rings. The third-order valence-electron chi connectivity index (χ3n) is 7.94. The van der Waals surface area contributed by atoms with E-state index in [2.05, 4.69) is 5.32 Å². The van der Waals surface area contributed by atoms with Gasteiger partial charge < -0.3 is 25.7 Å². The fourth-order valence-electron chi connectivity index (χ4n) is 5.79. The third kappa shape index (κ3) is 5.30. The highest BCUT2D eigenvalue weighted by Gasteiger charge is 2.61. The van der Waals surface area contributed by atoms with Crippen molar-refractivity contribution < 1.29 is 46.8 Å². The standard InChI is InChI=1S/C26H29ClF3NO7S/c1-25(2,35)22(32)23(33)26(36)13-4-5-14(26)9-16(8-13)39(37,38)20-7-12(3-6-17(20)27)24(34)31-15-10-18(28)21(30)19(29)11-15/h3,6-7,10-11,13-14,16,22-23,32-33,35-36H,4-5,8-9H2,1-2H3,(H,31,34). The fraction of sp³-hybridized carbons (Fsp3) is 0.500. The van der Waals surface area contributed by atoms with Crippen LogP contribution in [-0.4, -0.2) is 63.4 Å². The van der Waals surface area contributed by atoms with Crippen molar-refractivity contribution in [3.8, 4) is 0 Å². The van der Waals surface area contributed by atoms with Crippen LogP contribution in [0.1, 0.15) is 49.9 Å². The van der Waals surface area contributed by atoms with Gasteiger partial charge in [0.05, 0.1) is 26.4 Å². The van der Waals surface area contributed by atoms with Crippen LogP contribution in [0.5, 0.6) is 0 Å². The number of aliphatic hydroxyl groups excluding tert-OH is 2. The summed E-state index contributed by atoms with van der Waals surface area (Å²) >= 11 is 6.21. The lowest BCUT2D eigenvalue weighted by Gasteiger charge is -2.48. The highest BCUT2D eigenvalue weighted by Crippen LogP contribution is 2.54. The van der Waals surface area contributed by atoms with Crippen molar-refractivity contribution >= 4 is 33.0 Å². The predicted octanol–water partition coefficient (Wildman–Crippen LogP) is 3.20. The molecular weight excluding hydrogens is 563 g/mol. The Bertz CT molecular complexity index is 1360. The second-order valence-corrected chi connectivity index (χ2v) is 13.5. The summed E-state index contributed by atoms with van der Waals surface area (Å²) in [5, 5.41) is 43.8. The molecule has 0 aliphatic heterocycles. The van der Waals surface area contributed by atoms with Crippen molar-refractivity contribution in [3.63, 3.8) is 0 Å². The van der Waals surface area contributed by atoms with E-state index in [4.69, 9.17) is 11.6 Å². The van der Waals surface area contributed by atoms with Crippen molar-refractivity contribution in [2.75, 3.05) is 5.32 Å². The van der Waals surface area contributed by atoms with Crippen molar-refractivity contribution in [2.24, 2.45) is 11.8 Å². The summed E-state index contributed by atoms with van der Waals surface area (Å²) in [6.07, 6.45) is -2.73. The zero-order chi connectivity index (χ0) is 29.1. The molecule has 2 aromatic carbocycles. The molecule has 2 aliphatic carbocycles. The van der Waals surface area contributed by atoms with Gasteiger partial charge in [0.1, 0.15) is 12.2 Å². The molecule has 39 heavy (non-hydrogen) atoms. The zero-order valence-corrected chi connectivity index (χ0v) is 22.6. The van der Waals surface area contributed by atoms with Crippen LogP contribution in [-0.2, 0) is 9.84 Å². The zero-order valence-electron chi connectivity index (χ0n) is 21.0. The lowest BCUT2D eigenvalue weighted by atomic mass is 9.68. The Morgan fingerprint density at radius 3 is 2.13 bits per heavy atom. The van der Waals surface area contributed by atoms with Gasteiger partial charge in [0, 0.05) is 23.4 Å². The highest BCUT2D eigenvalue weighted by atomic mass is 35.5. The summed E-state index contributed by atoms with van der Waals surface area (Å²) < 4.78 is 67.6. The Morgan fingerprint density at radius 2 is 1.62 bits per heavy atom. The number of carbonyl (C=O) groups is 1. The summed E-state index contributed by atoms with van der Waals surface area (Å²) in [7, 11) is -4.18. The number of fused-ring (bicyclic) bond motifs is 2. The average molecular weight is 592 g/mol. The minimum absolute atomic E-state index is 0.0636. The van der Waals surface area contributed by atoms with E-state index in [-0.39, 0.29) is 34.0 Å². The molecule has 2 bridgehead atoms. The Kier molecular flexibility index (Phi) is 7.87. The van der Waals surface area contributed by atoms with Gasteiger partial charge in [-0.3, -0.25) is 4.79 Å². The van der Waals surface area contributed by atoms with Crippen LogP contribution < -0.4 is 5.32 Å². The molecule has 4 rings (SSSR count). The normalized spacial score (nSPS) is 26.8. The summed E-state index contributed by atoms with van der Waals surface area (Å²) in [4.78, 5) is 12.4.